The Morgan fingerprint density at radius 2 is 2.05 bits per heavy atom. The van der Waals surface area contributed by atoms with Crippen LogP contribution in [0.4, 0.5) is 4.39 Å². The van der Waals surface area contributed by atoms with Gasteiger partial charge in [-0.25, -0.2) is 9.18 Å². The molecule has 0 saturated carbocycles. The average molecular weight is 313 g/mol. The van der Waals surface area contributed by atoms with E-state index in [1.165, 1.54) is 12.1 Å². The van der Waals surface area contributed by atoms with Crippen LogP contribution in [0.15, 0.2) is 18.2 Å². The molecule has 5 nitrogen and oxygen atoms in total. The van der Waals surface area contributed by atoms with Crippen molar-refractivity contribution in [1.29, 1.82) is 0 Å². The standard InChI is InChI=1S/C14H16FNO4S/c1-14(6-17,7-18)16-5-8-11-9(15)3-2-4-10(11)21-12(8)13(19)20/h2-4,16-18H,5-7H2,1H3,(H,19,20). The number of carboxylic acids is 1. The molecule has 7 heteroatoms. The Bertz CT molecular complexity index is 666. The zero-order chi connectivity index (χ0) is 15.6. The van der Waals surface area contributed by atoms with Crippen LogP contribution in [0.2, 0.25) is 0 Å². The molecule has 1 aromatic carbocycles. The van der Waals surface area contributed by atoms with Gasteiger partial charge in [0.2, 0.25) is 0 Å². The minimum Gasteiger partial charge on any atom is -0.477 e. The second-order valence-corrected chi connectivity index (χ2v) is 6.11. The van der Waals surface area contributed by atoms with Gasteiger partial charge in [0.15, 0.2) is 0 Å². The summed E-state index contributed by atoms with van der Waals surface area (Å²) < 4.78 is 14.5. The summed E-state index contributed by atoms with van der Waals surface area (Å²) >= 11 is 1.01. The molecule has 0 saturated heterocycles. The van der Waals surface area contributed by atoms with Gasteiger partial charge in [0.25, 0.3) is 0 Å². The first-order valence-electron chi connectivity index (χ1n) is 6.32. The summed E-state index contributed by atoms with van der Waals surface area (Å²) in [7, 11) is 0. The van der Waals surface area contributed by atoms with Crippen LogP contribution in [0.25, 0.3) is 10.1 Å². The zero-order valence-corrected chi connectivity index (χ0v) is 12.2. The summed E-state index contributed by atoms with van der Waals surface area (Å²) in [5.41, 5.74) is -0.635. The van der Waals surface area contributed by atoms with Crippen molar-refractivity contribution >= 4 is 27.4 Å². The predicted octanol–water partition coefficient (Wildman–Crippen LogP) is 1.57. The number of carbonyl (C=O) groups is 1. The lowest BCUT2D eigenvalue weighted by atomic mass is 10.0. The van der Waals surface area contributed by atoms with Gasteiger partial charge in [0.05, 0.1) is 18.8 Å². The Morgan fingerprint density at radius 1 is 1.38 bits per heavy atom. The van der Waals surface area contributed by atoms with Crippen LogP contribution in [0, 0.1) is 5.82 Å². The minimum absolute atomic E-state index is 0.0419. The molecule has 0 atom stereocenters. The van der Waals surface area contributed by atoms with E-state index in [1.807, 2.05) is 0 Å². The largest absolute Gasteiger partial charge is 0.477 e. The summed E-state index contributed by atoms with van der Waals surface area (Å²) in [5.74, 6) is -1.61. The van der Waals surface area contributed by atoms with E-state index in [4.69, 9.17) is 0 Å². The van der Waals surface area contributed by atoms with E-state index < -0.39 is 17.3 Å². The van der Waals surface area contributed by atoms with Crippen molar-refractivity contribution in [2.75, 3.05) is 13.2 Å². The molecule has 2 aromatic rings. The monoisotopic (exact) mass is 313 g/mol. The first-order valence-corrected chi connectivity index (χ1v) is 7.13. The van der Waals surface area contributed by atoms with E-state index in [2.05, 4.69) is 5.32 Å². The van der Waals surface area contributed by atoms with E-state index >= 15 is 0 Å². The van der Waals surface area contributed by atoms with Crippen LogP contribution < -0.4 is 5.32 Å². The van der Waals surface area contributed by atoms with Crippen LogP contribution in [0.3, 0.4) is 0 Å². The van der Waals surface area contributed by atoms with Crippen molar-refractivity contribution in [3.8, 4) is 0 Å². The molecular formula is C14H16FNO4S. The van der Waals surface area contributed by atoms with Gasteiger partial charge in [-0.05, 0) is 19.1 Å². The number of nitrogens with one attached hydrogen (secondary N) is 1. The molecule has 114 valence electrons. The van der Waals surface area contributed by atoms with Crippen LogP contribution >= 0.6 is 11.3 Å². The number of benzene rings is 1. The lowest BCUT2D eigenvalue weighted by Crippen LogP contribution is -2.48. The molecule has 0 spiro atoms. The quantitative estimate of drug-likeness (QED) is 0.650. The van der Waals surface area contributed by atoms with Crippen LogP contribution in [0.5, 0.6) is 0 Å². The minimum atomic E-state index is -1.12. The molecule has 21 heavy (non-hydrogen) atoms. The van der Waals surface area contributed by atoms with E-state index in [9.17, 15) is 24.5 Å². The first-order chi connectivity index (χ1) is 9.91. The molecular weight excluding hydrogens is 297 g/mol. The Labute approximate surface area is 124 Å². The van der Waals surface area contributed by atoms with E-state index in [1.54, 1.807) is 13.0 Å². The fourth-order valence-corrected chi connectivity index (χ4v) is 3.05. The zero-order valence-electron chi connectivity index (χ0n) is 11.4. The van der Waals surface area contributed by atoms with E-state index in [-0.39, 0.29) is 30.0 Å². The number of thiophene rings is 1. The molecule has 0 amide bonds. The third-order valence-corrected chi connectivity index (χ3v) is 4.53. The van der Waals surface area contributed by atoms with Crippen LogP contribution in [-0.2, 0) is 6.54 Å². The highest BCUT2D eigenvalue weighted by atomic mass is 32.1. The highest BCUT2D eigenvalue weighted by Crippen LogP contribution is 2.33. The molecule has 1 heterocycles. The highest BCUT2D eigenvalue weighted by Gasteiger charge is 2.25. The van der Waals surface area contributed by atoms with Gasteiger partial charge < -0.3 is 20.6 Å². The Balaban J connectivity index is 2.46. The maximum atomic E-state index is 14.0. The van der Waals surface area contributed by atoms with Gasteiger partial charge in [-0.2, -0.15) is 0 Å². The van der Waals surface area contributed by atoms with Gasteiger partial charge >= 0.3 is 5.97 Å². The van der Waals surface area contributed by atoms with Crippen molar-refractivity contribution in [3.63, 3.8) is 0 Å². The summed E-state index contributed by atoms with van der Waals surface area (Å²) in [6.45, 7) is 0.992. The smallest absolute Gasteiger partial charge is 0.346 e. The Morgan fingerprint density at radius 3 is 2.62 bits per heavy atom. The molecule has 2 rings (SSSR count). The SMILES string of the molecule is CC(CO)(CO)NCc1c(C(=O)O)sc2cccc(F)c12. The molecule has 0 aliphatic rings. The number of hydrogen-bond donors (Lipinski definition) is 4. The third-order valence-electron chi connectivity index (χ3n) is 3.35. The van der Waals surface area contributed by atoms with Gasteiger partial charge in [-0.15, -0.1) is 11.3 Å². The molecule has 0 unspecified atom stereocenters. The molecule has 0 bridgehead atoms. The van der Waals surface area contributed by atoms with Gasteiger partial charge in [-0.1, -0.05) is 6.07 Å². The molecule has 0 radical (unpaired) electrons. The van der Waals surface area contributed by atoms with E-state index in [0.717, 1.165) is 11.3 Å². The second kappa shape index (κ2) is 6.07. The van der Waals surface area contributed by atoms with Gasteiger partial charge in [0.1, 0.15) is 10.7 Å². The molecule has 4 N–H and O–H groups in total. The van der Waals surface area contributed by atoms with Crippen molar-refractivity contribution in [2.24, 2.45) is 0 Å². The normalized spacial score (nSPS) is 12.0. The third kappa shape index (κ3) is 3.06. The molecule has 0 aliphatic heterocycles. The van der Waals surface area contributed by atoms with Gasteiger partial charge in [-0.3, -0.25) is 0 Å². The number of aromatic carboxylic acids is 1. The fourth-order valence-electron chi connectivity index (χ4n) is 1.97. The molecule has 1 aromatic heterocycles. The molecule has 0 fully saturated rings. The first kappa shape index (κ1) is 15.8. The van der Waals surface area contributed by atoms with Crippen molar-refractivity contribution in [1.82, 2.24) is 5.32 Å². The number of rotatable bonds is 6. The van der Waals surface area contributed by atoms with Crippen LogP contribution in [-0.4, -0.2) is 40.0 Å². The van der Waals surface area contributed by atoms with Crippen molar-refractivity contribution in [2.45, 2.75) is 19.0 Å². The second-order valence-electron chi connectivity index (χ2n) is 5.06. The molecule has 0 aliphatic carbocycles. The van der Waals surface area contributed by atoms with Gasteiger partial charge in [0, 0.05) is 22.2 Å². The topological polar surface area (TPSA) is 89.8 Å². The Kier molecular flexibility index (Phi) is 4.58. The maximum Gasteiger partial charge on any atom is 0.346 e. The fraction of sp³-hybridized carbons (Fsp3) is 0.357. The average Bonchev–Trinajstić information content (AvgIpc) is 2.85. The lowest BCUT2D eigenvalue weighted by Gasteiger charge is -2.26. The number of aliphatic hydroxyl groups is 2. The summed E-state index contributed by atoms with van der Waals surface area (Å²) in [6, 6.07) is 4.47. The Hall–Kier alpha value is -1.54. The number of halogens is 1. The predicted molar refractivity (Wildman–Crippen MR) is 78.2 cm³/mol. The summed E-state index contributed by atoms with van der Waals surface area (Å²) in [6.07, 6.45) is 0. The number of aliphatic hydroxyl groups excluding tert-OH is 2. The van der Waals surface area contributed by atoms with Crippen molar-refractivity contribution < 1.29 is 24.5 Å². The number of fused-ring (bicyclic) bond motifs is 1. The number of carboxylic acid groups (broad SMARTS) is 1. The lowest BCUT2D eigenvalue weighted by molar-refractivity contribution is 0.0700. The summed E-state index contributed by atoms with van der Waals surface area (Å²) in [4.78, 5) is 11.4. The van der Waals surface area contributed by atoms with E-state index in [0.29, 0.717) is 10.3 Å². The maximum absolute atomic E-state index is 14.0. The van der Waals surface area contributed by atoms with Crippen LogP contribution in [0.1, 0.15) is 22.2 Å². The summed E-state index contributed by atoms with van der Waals surface area (Å²) in [5, 5.41) is 30.9. The number of hydrogen-bond acceptors (Lipinski definition) is 5. The highest BCUT2D eigenvalue weighted by molar-refractivity contribution is 7.21. The van der Waals surface area contributed by atoms with Crippen molar-refractivity contribution in [3.05, 3.63) is 34.5 Å².